The van der Waals surface area contributed by atoms with Gasteiger partial charge >= 0.3 is 11.9 Å². The van der Waals surface area contributed by atoms with Crippen LogP contribution in [0.1, 0.15) is 132 Å². The lowest BCUT2D eigenvalue weighted by Gasteiger charge is -2.67. The molecule has 0 spiro atoms. The first kappa shape index (κ1) is 38.5. The molecule has 0 heterocycles. The van der Waals surface area contributed by atoms with Crippen LogP contribution in [-0.4, -0.2) is 46.9 Å². The molecule has 1 aromatic rings. The summed E-state index contributed by atoms with van der Waals surface area (Å²) in [6, 6.07) is 8.21. The number of Topliss-reactive ketones (excluding diaryl/α,β-unsaturated/α-hetero) is 1. The van der Waals surface area contributed by atoms with Gasteiger partial charge in [-0.1, -0.05) is 70.8 Å². The van der Waals surface area contributed by atoms with Crippen LogP contribution in [0.15, 0.2) is 35.4 Å². The number of ketones is 1. The van der Waals surface area contributed by atoms with Gasteiger partial charge in [-0.05, 0) is 154 Å². The average molecular weight is 722 g/mol. The van der Waals surface area contributed by atoms with E-state index in [2.05, 4.69) is 58.6 Å². The highest BCUT2D eigenvalue weighted by atomic mass is 35.5. The van der Waals surface area contributed by atoms with Gasteiger partial charge in [0, 0.05) is 23.4 Å². The van der Waals surface area contributed by atoms with Crippen LogP contribution < -0.4 is 0 Å². The molecular formula is C44H64ClNO5. The van der Waals surface area contributed by atoms with Gasteiger partial charge in [0.25, 0.3) is 0 Å². The number of carbonyl (C=O) groups excluding carboxylic acids is 2. The average Bonchev–Trinajstić information content (AvgIpc) is 3.36. The summed E-state index contributed by atoms with van der Waals surface area (Å²) in [5.41, 5.74) is 3.23. The second-order valence-corrected chi connectivity index (χ2v) is 19.4. The van der Waals surface area contributed by atoms with Gasteiger partial charge in [-0.3, -0.25) is 19.3 Å². The van der Waals surface area contributed by atoms with Crippen LogP contribution in [0.2, 0.25) is 5.02 Å². The molecule has 4 fully saturated rings. The molecule has 5 aliphatic rings. The highest BCUT2D eigenvalue weighted by Crippen LogP contribution is 2.72. The van der Waals surface area contributed by atoms with Crippen molar-refractivity contribution in [3.05, 3.63) is 46.0 Å². The third kappa shape index (κ3) is 6.88. The van der Waals surface area contributed by atoms with E-state index >= 15 is 0 Å². The molecule has 7 heteroatoms. The molecule has 9 unspecified atom stereocenters. The van der Waals surface area contributed by atoms with Gasteiger partial charge in [-0.2, -0.15) is 0 Å². The summed E-state index contributed by atoms with van der Waals surface area (Å²) in [6.07, 6.45) is 10.4. The highest BCUT2D eigenvalue weighted by Gasteiger charge is 2.65. The van der Waals surface area contributed by atoms with Crippen molar-refractivity contribution in [2.75, 3.05) is 13.1 Å². The number of hydrogen-bond acceptors (Lipinski definition) is 5. The molecule has 0 saturated heterocycles. The van der Waals surface area contributed by atoms with Crippen LogP contribution in [0, 0.1) is 57.2 Å². The zero-order valence-corrected chi connectivity index (χ0v) is 33.4. The molecule has 0 bridgehead atoms. The second kappa shape index (κ2) is 14.2. The Labute approximate surface area is 312 Å². The maximum atomic E-state index is 14.0. The zero-order chi connectivity index (χ0) is 37.1. The topological polar surface area (TPSA) is 83.9 Å². The van der Waals surface area contributed by atoms with E-state index in [9.17, 15) is 19.5 Å². The number of carboxylic acids is 1. The zero-order valence-electron chi connectivity index (χ0n) is 32.7. The highest BCUT2D eigenvalue weighted by molar-refractivity contribution is 6.30. The fraction of sp³-hybridized carbons (Fsp3) is 0.750. The van der Waals surface area contributed by atoms with E-state index in [1.165, 1.54) is 36.8 Å². The molecule has 6 nitrogen and oxygen atoms in total. The number of allylic oxidation sites excluding steroid dienone is 2. The Hall–Kier alpha value is -2.18. The van der Waals surface area contributed by atoms with E-state index in [-0.39, 0.29) is 46.6 Å². The van der Waals surface area contributed by atoms with Gasteiger partial charge in [0.15, 0.2) is 5.78 Å². The number of ether oxygens (including phenoxy) is 1. The minimum Gasteiger partial charge on any atom is -0.481 e. The van der Waals surface area contributed by atoms with Gasteiger partial charge in [0.05, 0.1) is 11.8 Å². The number of hydrogen-bond donors (Lipinski definition) is 1. The Bertz CT molecular complexity index is 1550. The van der Waals surface area contributed by atoms with Crippen LogP contribution in [0.25, 0.3) is 0 Å². The predicted molar refractivity (Wildman–Crippen MR) is 203 cm³/mol. The lowest BCUT2D eigenvalue weighted by atomic mass is 9.38. The van der Waals surface area contributed by atoms with Crippen molar-refractivity contribution in [2.45, 2.75) is 139 Å². The summed E-state index contributed by atoms with van der Waals surface area (Å²) in [6.45, 7) is 20.2. The first-order chi connectivity index (χ1) is 24.0. The first-order valence-electron chi connectivity index (χ1n) is 20.1. The van der Waals surface area contributed by atoms with E-state index in [0.717, 1.165) is 56.8 Å². The van der Waals surface area contributed by atoms with Crippen LogP contribution in [0.4, 0.5) is 0 Å². The second-order valence-electron chi connectivity index (χ2n) is 18.9. The van der Waals surface area contributed by atoms with E-state index in [1.54, 1.807) is 19.4 Å². The minimum absolute atomic E-state index is 0.0183. The molecule has 9 atom stereocenters. The number of aliphatic carboxylic acids is 1. The standard InChI is InChI=1S/C44H64ClNO5/c1-9-46(26-29-11-10-12-30(45)23-29)22-21-44-20-16-33-31(39(44)38(27(2)3)34(47)24-44)13-14-36-42(7)19-17-35(28(4)32(42)15-18-43(33,36)8)51-37(48)25-41(5,6)40(49)50/h10-12,23,27-28,31-33,35-36H,9,13-22,24-26H2,1-8H3,(H,49,50). The van der Waals surface area contributed by atoms with Crippen LogP contribution in [0.5, 0.6) is 0 Å². The van der Waals surface area contributed by atoms with Gasteiger partial charge in [0.2, 0.25) is 0 Å². The number of fused-ring (bicyclic) bond motifs is 7. The Kier molecular flexibility index (Phi) is 10.8. The maximum Gasteiger partial charge on any atom is 0.309 e. The molecule has 6 rings (SSSR count). The Morgan fingerprint density at radius 3 is 2.39 bits per heavy atom. The fourth-order valence-corrected chi connectivity index (χ4v) is 13.0. The van der Waals surface area contributed by atoms with Gasteiger partial charge < -0.3 is 9.84 Å². The van der Waals surface area contributed by atoms with Gasteiger partial charge in [0.1, 0.15) is 6.10 Å². The summed E-state index contributed by atoms with van der Waals surface area (Å²) in [5, 5.41) is 10.3. The summed E-state index contributed by atoms with van der Waals surface area (Å²) in [5.74, 6) is 1.72. The Morgan fingerprint density at radius 1 is 1.04 bits per heavy atom. The third-order valence-corrected chi connectivity index (χ3v) is 15.6. The molecule has 282 valence electrons. The molecule has 0 amide bonds. The number of rotatable bonds is 11. The lowest BCUT2D eigenvalue weighted by Crippen LogP contribution is -2.60. The first-order valence-corrected chi connectivity index (χ1v) is 20.5. The van der Waals surface area contributed by atoms with Crippen molar-refractivity contribution in [1.29, 1.82) is 0 Å². The smallest absolute Gasteiger partial charge is 0.309 e. The van der Waals surface area contributed by atoms with Crippen LogP contribution >= 0.6 is 11.6 Å². The van der Waals surface area contributed by atoms with Crippen molar-refractivity contribution >= 4 is 29.3 Å². The van der Waals surface area contributed by atoms with Gasteiger partial charge in [-0.25, -0.2) is 0 Å². The summed E-state index contributed by atoms with van der Waals surface area (Å²) in [7, 11) is 0. The van der Waals surface area contributed by atoms with Crippen molar-refractivity contribution in [1.82, 2.24) is 4.90 Å². The van der Waals surface area contributed by atoms with E-state index in [4.69, 9.17) is 16.3 Å². The molecule has 1 N–H and O–H groups in total. The number of halogens is 1. The maximum absolute atomic E-state index is 14.0. The molecule has 51 heavy (non-hydrogen) atoms. The Morgan fingerprint density at radius 2 is 1.73 bits per heavy atom. The molecular weight excluding hydrogens is 658 g/mol. The Balaban J connectivity index is 1.21. The number of esters is 1. The molecule has 4 saturated carbocycles. The summed E-state index contributed by atoms with van der Waals surface area (Å²) in [4.78, 5) is 41.1. The molecule has 0 aliphatic heterocycles. The van der Waals surface area contributed by atoms with Crippen molar-refractivity contribution in [3.8, 4) is 0 Å². The molecule has 0 aromatic heterocycles. The van der Waals surface area contributed by atoms with Crippen molar-refractivity contribution in [2.24, 2.45) is 57.2 Å². The number of carboxylic acid groups (broad SMARTS) is 1. The lowest BCUT2D eigenvalue weighted by molar-refractivity contribution is -0.192. The number of carbonyl (C=O) groups is 3. The van der Waals surface area contributed by atoms with Crippen molar-refractivity contribution in [3.63, 3.8) is 0 Å². The van der Waals surface area contributed by atoms with E-state index < -0.39 is 11.4 Å². The quantitative estimate of drug-likeness (QED) is 0.229. The SMILES string of the molecule is CCN(CCC12CCC3C(CCC4C3(C)CCC3C(C)C(OC(=O)CC(C)(C)C(=O)O)CCC34C)C1=C(C(C)C)C(=O)C2)Cc1cccc(Cl)c1. The molecule has 5 aliphatic carbocycles. The fourth-order valence-electron chi connectivity index (χ4n) is 12.8. The monoisotopic (exact) mass is 721 g/mol. The van der Waals surface area contributed by atoms with Crippen LogP contribution in [0.3, 0.4) is 0 Å². The summed E-state index contributed by atoms with van der Waals surface area (Å²) >= 11 is 6.34. The number of nitrogens with zero attached hydrogens (tertiary/aromatic N) is 1. The normalized spacial score (nSPS) is 36.4. The summed E-state index contributed by atoms with van der Waals surface area (Å²) < 4.78 is 6.07. The van der Waals surface area contributed by atoms with Gasteiger partial charge in [-0.15, -0.1) is 0 Å². The number of benzene rings is 1. The molecule has 1 aromatic carbocycles. The minimum atomic E-state index is -1.13. The van der Waals surface area contributed by atoms with Crippen molar-refractivity contribution < 1.29 is 24.2 Å². The molecule has 0 radical (unpaired) electrons. The van der Waals surface area contributed by atoms with Crippen LogP contribution in [-0.2, 0) is 25.7 Å². The third-order valence-electron chi connectivity index (χ3n) is 15.4. The van der Waals surface area contributed by atoms with E-state index in [1.807, 2.05) is 12.1 Å². The van der Waals surface area contributed by atoms with E-state index in [0.29, 0.717) is 35.9 Å². The predicted octanol–water partition coefficient (Wildman–Crippen LogP) is 10.2. The largest absolute Gasteiger partial charge is 0.481 e.